The summed E-state index contributed by atoms with van der Waals surface area (Å²) in [5.74, 6) is -1.32. The van der Waals surface area contributed by atoms with Gasteiger partial charge < -0.3 is 27.4 Å². The number of hydrogen-bond acceptors (Lipinski definition) is 6. The van der Waals surface area contributed by atoms with Crippen LogP contribution in [0.5, 0.6) is 0 Å². The molecule has 1 atom stereocenters. The SMILES string of the molecule is CCCN(CC(=O)NCc1ccc(C(=N)N)cc1)C(=O)C(CCCN=C(N)N)NS(=O)(=O)Cc1ccccc1. The van der Waals surface area contributed by atoms with E-state index in [0.29, 0.717) is 24.0 Å². The predicted molar refractivity (Wildman–Crippen MR) is 152 cm³/mol. The predicted octanol–water partition coefficient (Wildman–Crippen LogP) is 0.367. The lowest BCUT2D eigenvalue weighted by Crippen LogP contribution is -2.51. The van der Waals surface area contributed by atoms with Crippen LogP contribution in [-0.2, 0) is 31.9 Å². The summed E-state index contributed by atoms with van der Waals surface area (Å²) in [6.45, 7) is 2.34. The zero-order valence-electron chi connectivity index (χ0n) is 22.1. The minimum atomic E-state index is -3.87. The third-order valence-corrected chi connectivity index (χ3v) is 7.02. The van der Waals surface area contributed by atoms with Crippen molar-refractivity contribution in [1.29, 1.82) is 5.41 Å². The van der Waals surface area contributed by atoms with Gasteiger partial charge in [-0.05, 0) is 30.4 Å². The van der Waals surface area contributed by atoms with Gasteiger partial charge in [-0.3, -0.25) is 20.0 Å². The zero-order chi connectivity index (χ0) is 28.8. The van der Waals surface area contributed by atoms with Crippen LogP contribution in [0.15, 0.2) is 59.6 Å². The number of amides is 2. The number of carbonyl (C=O) groups is 2. The second-order valence-corrected chi connectivity index (χ2v) is 10.8. The minimum absolute atomic E-state index is 0.0495. The molecule has 39 heavy (non-hydrogen) atoms. The van der Waals surface area contributed by atoms with Gasteiger partial charge in [0.1, 0.15) is 11.9 Å². The molecule has 9 N–H and O–H groups in total. The number of rotatable bonds is 16. The van der Waals surface area contributed by atoms with Gasteiger partial charge in [-0.25, -0.2) is 13.1 Å². The number of nitrogens with two attached hydrogens (primary N) is 3. The lowest BCUT2D eigenvalue weighted by atomic mass is 10.1. The number of guanidine groups is 1. The maximum absolute atomic E-state index is 13.5. The molecule has 2 aromatic carbocycles. The number of amidine groups is 1. The molecule has 0 aliphatic rings. The van der Waals surface area contributed by atoms with Crippen molar-refractivity contribution in [3.8, 4) is 0 Å². The third kappa shape index (κ3) is 11.5. The Bertz CT molecular complexity index is 1230. The highest BCUT2D eigenvalue weighted by atomic mass is 32.2. The summed E-state index contributed by atoms with van der Waals surface area (Å²) in [5.41, 5.74) is 18.2. The van der Waals surface area contributed by atoms with E-state index in [0.717, 1.165) is 5.56 Å². The lowest BCUT2D eigenvalue weighted by molar-refractivity contribution is -0.137. The first-order valence-corrected chi connectivity index (χ1v) is 14.2. The molecule has 2 amide bonds. The standard InChI is InChI=1S/C26H38N8O4S/c1-2-15-34(17-23(35)32-16-19-10-12-21(13-11-19)24(27)28)25(36)22(9-6-14-31-26(29)30)33-39(37,38)18-20-7-4-3-5-8-20/h3-5,7-8,10-13,22,33H,2,6,9,14-18H2,1H3,(H3,27,28)(H,32,35)(H4,29,30,31). The van der Waals surface area contributed by atoms with Crippen LogP contribution in [0.3, 0.4) is 0 Å². The van der Waals surface area contributed by atoms with Crippen LogP contribution in [-0.4, -0.2) is 62.6 Å². The highest BCUT2D eigenvalue weighted by Crippen LogP contribution is 2.10. The first kappa shape index (κ1) is 31.2. The van der Waals surface area contributed by atoms with E-state index < -0.39 is 22.0 Å². The number of hydrogen-bond donors (Lipinski definition) is 6. The van der Waals surface area contributed by atoms with Crippen LogP contribution < -0.4 is 27.2 Å². The van der Waals surface area contributed by atoms with Gasteiger partial charge in [0.05, 0.1) is 12.3 Å². The highest BCUT2D eigenvalue weighted by molar-refractivity contribution is 7.88. The molecule has 0 heterocycles. The maximum atomic E-state index is 13.5. The molecule has 0 saturated heterocycles. The Kier molecular flexibility index (Phi) is 12.4. The van der Waals surface area contributed by atoms with Crippen LogP contribution in [0.1, 0.15) is 42.9 Å². The Hall–Kier alpha value is -3.97. The van der Waals surface area contributed by atoms with Crippen molar-refractivity contribution in [2.24, 2.45) is 22.2 Å². The number of carbonyl (C=O) groups excluding carboxylic acids is 2. The average Bonchev–Trinajstić information content (AvgIpc) is 2.89. The van der Waals surface area contributed by atoms with Gasteiger partial charge >= 0.3 is 0 Å². The molecule has 0 aliphatic heterocycles. The van der Waals surface area contributed by atoms with Crippen molar-refractivity contribution in [2.45, 2.75) is 44.5 Å². The number of sulfonamides is 1. The zero-order valence-corrected chi connectivity index (χ0v) is 22.9. The fourth-order valence-electron chi connectivity index (χ4n) is 3.78. The van der Waals surface area contributed by atoms with Crippen LogP contribution in [0, 0.1) is 5.41 Å². The highest BCUT2D eigenvalue weighted by Gasteiger charge is 2.29. The number of benzene rings is 2. The molecule has 1 unspecified atom stereocenters. The molecule has 0 fully saturated rings. The first-order chi connectivity index (χ1) is 18.5. The number of nitrogen functional groups attached to an aromatic ring is 1. The molecule has 0 radical (unpaired) electrons. The van der Waals surface area contributed by atoms with E-state index in [1.165, 1.54) is 4.90 Å². The summed E-state index contributed by atoms with van der Waals surface area (Å²) in [6.07, 6.45) is 1.07. The van der Waals surface area contributed by atoms with Gasteiger partial charge in [0.25, 0.3) is 0 Å². The second-order valence-electron chi connectivity index (χ2n) is 9.01. The molecule has 0 aliphatic carbocycles. The fourth-order valence-corrected chi connectivity index (χ4v) is 5.14. The van der Waals surface area contributed by atoms with Gasteiger partial charge in [0, 0.05) is 25.2 Å². The molecular weight excluding hydrogens is 520 g/mol. The van der Waals surface area contributed by atoms with E-state index in [4.69, 9.17) is 22.6 Å². The molecule has 2 aromatic rings. The molecule has 12 nitrogen and oxygen atoms in total. The van der Waals surface area contributed by atoms with Crippen LogP contribution >= 0.6 is 0 Å². The summed E-state index contributed by atoms with van der Waals surface area (Å²) in [4.78, 5) is 31.5. The second kappa shape index (κ2) is 15.4. The molecule has 0 bridgehead atoms. The van der Waals surface area contributed by atoms with Gasteiger partial charge in [-0.15, -0.1) is 0 Å². The van der Waals surface area contributed by atoms with Crippen molar-refractivity contribution in [1.82, 2.24) is 14.9 Å². The van der Waals surface area contributed by atoms with Crippen molar-refractivity contribution in [3.05, 3.63) is 71.3 Å². The minimum Gasteiger partial charge on any atom is -0.384 e. The quantitative estimate of drug-likeness (QED) is 0.0967. The van der Waals surface area contributed by atoms with Crippen molar-refractivity contribution >= 4 is 33.6 Å². The van der Waals surface area contributed by atoms with Crippen molar-refractivity contribution in [3.63, 3.8) is 0 Å². The van der Waals surface area contributed by atoms with E-state index in [9.17, 15) is 18.0 Å². The normalized spacial score (nSPS) is 11.8. The molecule has 212 valence electrons. The van der Waals surface area contributed by atoms with E-state index in [1.807, 2.05) is 6.92 Å². The average molecular weight is 559 g/mol. The Morgan fingerprint density at radius 3 is 2.28 bits per heavy atom. The van der Waals surface area contributed by atoms with Gasteiger partial charge in [-0.2, -0.15) is 0 Å². The molecular formula is C26H38N8O4S. The number of nitrogens with zero attached hydrogens (tertiary/aromatic N) is 2. The monoisotopic (exact) mass is 558 g/mol. The number of nitrogens with one attached hydrogen (secondary N) is 3. The molecule has 0 spiro atoms. The summed E-state index contributed by atoms with van der Waals surface area (Å²) in [6, 6.07) is 14.4. The molecule has 13 heteroatoms. The summed E-state index contributed by atoms with van der Waals surface area (Å²) in [5, 5.41) is 10.2. The summed E-state index contributed by atoms with van der Waals surface area (Å²) < 4.78 is 28.4. The Balaban J connectivity index is 2.10. The van der Waals surface area contributed by atoms with Crippen LogP contribution in [0.2, 0.25) is 0 Å². The topological polar surface area (TPSA) is 210 Å². The molecule has 2 rings (SSSR count). The van der Waals surface area contributed by atoms with Gasteiger partial charge in [-0.1, -0.05) is 61.5 Å². The largest absolute Gasteiger partial charge is 0.384 e. The molecule has 0 aromatic heterocycles. The fraction of sp³-hybridized carbons (Fsp3) is 0.385. The van der Waals surface area contributed by atoms with Crippen molar-refractivity contribution in [2.75, 3.05) is 19.6 Å². The smallest absolute Gasteiger partial charge is 0.241 e. The molecule has 0 saturated carbocycles. The lowest BCUT2D eigenvalue weighted by Gasteiger charge is -2.27. The van der Waals surface area contributed by atoms with Gasteiger partial charge in [0.2, 0.25) is 21.8 Å². The Labute approximate surface area is 229 Å². The van der Waals surface area contributed by atoms with Crippen molar-refractivity contribution < 1.29 is 18.0 Å². The van der Waals surface area contributed by atoms with Crippen LogP contribution in [0.4, 0.5) is 0 Å². The Morgan fingerprint density at radius 2 is 1.69 bits per heavy atom. The van der Waals surface area contributed by atoms with E-state index in [1.54, 1.807) is 54.6 Å². The van der Waals surface area contributed by atoms with Crippen LogP contribution in [0.25, 0.3) is 0 Å². The number of aliphatic imine (C=N–C) groups is 1. The summed E-state index contributed by atoms with van der Waals surface area (Å²) in [7, 11) is -3.87. The van der Waals surface area contributed by atoms with E-state index >= 15 is 0 Å². The Morgan fingerprint density at radius 1 is 1.03 bits per heavy atom. The summed E-state index contributed by atoms with van der Waals surface area (Å²) >= 11 is 0. The maximum Gasteiger partial charge on any atom is 0.241 e. The third-order valence-electron chi connectivity index (χ3n) is 5.66. The first-order valence-electron chi connectivity index (χ1n) is 12.6. The van der Waals surface area contributed by atoms with Gasteiger partial charge in [0.15, 0.2) is 5.96 Å². The van der Waals surface area contributed by atoms with E-state index in [-0.39, 0.29) is 56.1 Å². The van der Waals surface area contributed by atoms with E-state index in [2.05, 4.69) is 15.0 Å².